The van der Waals surface area contributed by atoms with Gasteiger partial charge in [0.05, 0.1) is 28.4 Å². The summed E-state index contributed by atoms with van der Waals surface area (Å²) in [7, 11) is 5.28. The number of likely N-dealkylation sites (N-methyl/N-ethyl adjacent to an activating group) is 1. The van der Waals surface area contributed by atoms with Crippen LogP contribution in [0.5, 0.6) is 17.5 Å². The molecule has 0 bridgehead atoms. The molecule has 1 aromatic heterocycles. The van der Waals surface area contributed by atoms with Crippen LogP contribution in [-0.4, -0.2) is 88.7 Å². The van der Waals surface area contributed by atoms with Crippen molar-refractivity contribution in [1.29, 1.82) is 0 Å². The van der Waals surface area contributed by atoms with Gasteiger partial charge in [-0.05, 0) is 32.6 Å². The first-order valence-electron chi connectivity index (χ1n) is 13.4. The molecular formula is C28H41N5O6Si. The molecule has 1 unspecified atom stereocenters. The van der Waals surface area contributed by atoms with Crippen molar-refractivity contribution < 1.29 is 28.5 Å². The lowest BCUT2D eigenvalue weighted by Gasteiger charge is -2.25. The molecule has 1 aliphatic rings. The van der Waals surface area contributed by atoms with Gasteiger partial charge in [-0.2, -0.15) is 9.97 Å². The van der Waals surface area contributed by atoms with Crippen molar-refractivity contribution in [2.75, 3.05) is 58.2 Å². The van der Waals surface area contributed by atoms with E-state index in [2.05, 4.69) is 53.2 Å². The molecule has 40 heavy (non-hydrogen) atoms. The van der Waals surface area contributed by atoms with Crippen molar-refractivity contribution in [2.45, 2.75) is 45.5 Å². The van der Waals surface area contributed by atoms with E-state index >= 15 is 0 Å². The SMILES string of the molecule is CCCN(CCN(C)C)c1nc(OC)c(NC(=O)C2OC(Oc3cccc([Si](C)(C)CC)c3)=CC2=O)c(OC)n1. The fourth-order valence-corrected chi connectivity index (χ4v) is 5.47. The molecular weight excluding hydrogens is 530 g/mol. The van der Waals surface area contributed by atoms with E-state index in [1.165, 1.54) is 25.5 Å². The Hall–Kier alpha value is -3.64. The molecule has 0 saturated carbocycles. The minimum absolute atomic E-state index is 0.0418. The first-order valence-corrected chi connectivity index (χ1v) is 16.6. The molecule has 0 fully saturated rings. The van der Waals surface area contributed by atoms with Gasteiger partial charge in [-0.15, -0.1) is 0 Å². The van der Waals surface area contributed by atoms with Crippen LogP contribution in [0.2, 0.25) is 19.1 Å². The molecule has 1 N–H and O–H groups in total. The highest BCUT2D eigenvalue weighted by atomic mass is 28.3. The number of nitrogens with one attached hydrogen (secondary N) is 1. The number of anilines is 2. The van der Waals surface area contributed by atoms with Crippen molar-refractivity contribution >= 4 is 36.6 Å². The maximum Gasteiger partial charge on any atom is 0.289 e. The third-order valence-electron chi connectivity index (χ3n) is 6.77. The minimum Gasteiger partial charge on any atom is -0.479 e. The fourth-order valence-electron chi connectivity index (χ4n) is 3.98. The van der Waals surface area contributed by atoms with Crippen LogP contribution in [-0.2, 0) is 14.3 Å². The molecule has 218 valence electrons. The third-order valence-corrected chi connectivity index (χ3v) is 10.4. The van der Waals surface area contributed by atoms with Gasteiger partial charge in [-0.3, -0.25) is 9.59 Å². The van der Waals surface area contributed by atoms with Crippen molar-refractivity contribution in [3.63, 3.8) is 0 Å². The van der Waals surface area contributed by atoms with E-state index in [4.69, 9.17) is 18.9 Å². The van der Waals surface area contributed by atoms with Crippen LogP contribution in [0.4, 0.5) is 11.6 Å². The monoisotopic (exact) mass is 571 g/mol. The van der Waals surface area contributed by atoms with Gasteiger partial charge in [-0.25, -0.2) is 0 Å². The Morgan fingerprint density at radius 1 is 1.07 bits per heavy atom. The number of rotatable bonds is 14. The Labute approximate surface area is 237 Å². The van der Waals surface area contributed by atoms with Crippen LogP contribution in [0.1, 0.15) is 20.3 Å². The van der Waals surface area contributed by atoms with E-state index in [0.717, 1.165) is 25.6 Å². The number of carbonyl (C=O) groups excluding carboxylic acids is 2. The van der Waals surface area contributed by atoms with E-state index in [1.807, 2.05) is 31.1 Å². The Morgan fingerprint density at radius 2 is 1.75 bits per heavy atom. The highest BCUT2D eigenvalue weighted by Crippen LogP contribution is 2.34. The summed E-state index contributed by atoms with van der Waals surface area (Å²) in [6, 6.07) is 8.85. The Balaban J connectivity index is 1.76. The van der Waals surface area contributed by atoms with Crippen LogP contribution >= 0.6 is 0 Å². The average molecular weight is 572 g/mol. The number of nitrogens with zero attached hydrogens (tertiary/aromatic N) is 4. The van der Waals surface area contributed by atoms with Crippen LogP contribution < -0.4 is 29.6 Å². The first kappa shape index (κ1) is 30.9. The molecule has 0 aliphatic carbocycles. The number of ketones is 1. The molecule has 0 saturated heterocycles. The number of carbonyl (C=O) groups is 2. The lowest BCUT2D eigenvalue weighted by Crippen LogP contribution is -2.40. The van der Waals surface area contributed by atoms with Crippen molar-refractivity contribution in [3.8, 4) is 17.5 Å². The number of aromatic nitrogens is 2. The van der Waals surface area contributed by atoms with Crippen molar-refractivity contribution in [2.24, 2.45) is 0 Å². The Kier molecular flexibility index (Phi) is 10.5. The summed E-state index contributed by atoms with van der Waals surface area (Å²) < 4.78 is 22.4. The molecule has 11 nitrogen and oxygen atoms in total. The quantitative estimate of drug-likeness (QED) is 0.268. The summed E-state index contributed by atoms with van der Waals surface area (Å²) >= 11 is 0. The summed E-state index contributed by atoms with van der Waals surface area (Å²) in [5, 5.41) is 3.88. The average Bonchev–Trinajstić information content (AvgIpc) is 3.30. The maximum atomic E-state index is 13.2. The number of amides is 1. The summed E-state index contributed by atoms with van der Waals surface area (Å²) in [5.41, 5.74) is 0.105. The first-order chi connectivity index (χ1) is 19.0. The van der Waals surface area contributed by atoms with Crippen LogP contribution in [0.3, 0.4) is 0 Å². The van der Waals surface area contributed by atoms with Crippen LogP contribution in [0.15, 0.2) is 36.3 Å². The Morgan fingerprint density at radius 3 is 2.33 bits per heavy atom. The Bertz CT molecular complexity index is 1210. The molecule has 2 heterocycles. The third kappa shape index (κ3) is 7.51. The number of benzene rings is 1. The lowest BCUT2D eigenvalue weighted by molar-refractivity contribution is -0.134. The van der Waals surface area contributed by atoms with Gasteiger partial charge in [0, 0.05) is 19.6 Å². The van der Waals surface area contributed by atoms with E-state index in [9.17, 15) is 9.59 Å². The largest absolute Gasteiger partial charge is 0.479 e. The van der Waals surface area contributed by atoms with Crippen LogP contribution in [0, 0.1) is 0 Å². The van der Waals surface area contributed by atoms with E-state index < -0.39 is 25.9 Å². The van der Waals surface area contributed by atoms with E-state index in [1.54, 1.807) is 6.07 Å². The van der Waals surface area contributed by atoms with E-state index in [-0.39, 0.29) is 23.4 Å². The molecule has 1 aromatic carbocycles. The molecule has 3 rings (SSSR count). The molecule has 1 aliphatic heterocycles. The second-order valence-corrected chi connectivity index (χ2v) is 15.5. The number of hydrogen-bond acceptors (Lipinski definition) is 10. The zero-order chi connectivity index (χ0) is 29.4. The lowest BCUT2D eigenvalue weighted by atomic mass is 10.2. The molecule has 0 spiro atoms. The van der Waals surface area contributed by atoms with Gasteiger partial charge in [0.25, 0.3) is 11.9 Å². The van der Waals surface area contributed by atoms with Gasteiger partial charge in [-0.1, -0.05) is 50.3 Å². The smallest absolute Gasteiger partial charge is 0.289 e. The normalized spacial score (nSPS) is 15.0. The van der Waals surface area contributed by atoms with Crippen molar-refractivity contribution in [1.82, 2.24) is 14.9 Å². The molecule has 2 aromatic rings. The summed E-state index contributed by atoms with van der Waals surface area (Å²) in [6.45, 7) is 11.0. The standard InChI is InChI=1S/C28H41N5O6Si/c1-9-14-33(16-15-32(3)4)28-30-26(36-5)23(27(31-28)37-6)29-25(35)24-21(34)18-22(39-24)38-19-12-11-13-20(17-19)40(7,8)10-2/h11-13,17-18,24H,9-10,14-16H2,1-8H3,(H,29,35). The summed E-state index contributed by atoms with van der Waals surface area (Å²) in [6.07, 6.45) is 0.632. The number of hydrogen-bond donors (Lipinski definition) is 1. The highest BCUT2D eigenvalue weighted by molar-refractivity contribution is 6.89. The second-order valence-electron chi connectivity index (χ2n) is 10.4. The molecule has 1 amide bonds. The zero-order valence-electron chi connectivity index (χ0n) is 24.7. The van der Waals surface area contributed by atoms with Gasteiger partial charge in [0.15, 0.2) is 5.69 Å². The van der Waals surface area contributed by atoms with E-state index in [0.29, 0.717) is 18.2 Å². The molecule has 0 radical (unpaired) electrons. The number of ether oxygens (including phenoxy) is 4. The molecule has 1 atom stereocenters. The predicted octanol–water partition coefficient (Wildman–Crippen LogP) is 3.03. The fraction of sp³-hybridized carbons (Fsp3) is 0.500. The van der Waals surface area contributed by atoms with Gasteiger partial charge in [0.1, 0.15) is 5.75 Å². The highest BCUT2D eigenvalue weighted by Gasteiger charge is 2.36. The second kappa shape index (κ2) is 13.6. The maximum absolute atomic E-state index is 13.2. The van der Waals surface area contributed by atoms with Gasteiger partial charge >= 0.3 is 0 Å². The number of methoxy groups -OCH3 is 2. The van der Waals surface area contributed by atoms with Gasteiger partial charge < -0.3 is 34.1 Å². The molecule has 12 heteroatoms. The minimum atomic E-state index is -1.59. The topological polar surface area (TPSA) is 115 Å². The van der Waals surface area contributed by atoms with Crippen molar-refractivity contribution in [3.05, 3.63) is 36.3 Å². The summed E-state index contributed by atoms with van der Waals surface area (Å²) in [5.74, 6) is -0.132. The summed E-state index contributed by atoms with van der Waals surface area (Å²) in [4.78, 5) is 39.0. The van der Waals surface area contributed by atoms with Gasteiger partial charge in [0.2, 0.25) is 29.6 Å². The predicted molar refractivity (Wildman–Crippen MR) is 157 cm³/mol. The zero-order valence-corrected chi connectivity index (χ0v) is 25.7. The van der Waals surface area contributed by atoms with Crippen LogP contribution in [0.25, 0.3) is 0 Å².